The molecule has 0 spiro atoms. The summed E-state index contributed by atoms with van der Waals surface area (Å²) in [7, 11) is 3.73. The minimum absolute atomic E-state index is 0.256. The largest absolute Gasteiger partial charge is 0.383 e. The molecular weight excluding hydrogens is 226 g/mol. The van der Waals surface area contributed by atoms with Crippen LogP contribution >= 0.6 is 0 Å². The average molecular weight is 255 g/mol. The summed E-state index contributed by atoms with van der Waals surface area (Å²) in [6.07, 6.45) is 10.4. The number of carbonyl (C=O) groups is 1. The van der Waals surface area contributed by atoms with Gasteiger partial charge in [0.15, 0.2) is 5.78 Å². The van der Waals surface area contributed by atoms with E-state index in [4.69, 9.17) is 4.74 Å². The predicted molar refractivity (Wildman–Crippen MR) is 76.9 cm³/mol. The molecule has 0 aromatic rings. The lowest BCUT2D eigenvalue weighted by Gasteiger charge is -2.12. The standard InChI is InChI=1S/C15H29NO2/c1-4-5-6-7-8-10-15(17)11-9-12-16(2)13-14-18-3/h9,11H,4-8,10,12-14H2,1-3H3/b11-9+. The Morgan fingerprint density at radius 2 is 1.94 bits per heavy atom. The van der Waals surface area contributed by atoms with E-state index in [1.165, 1.54) is 25.7 Å². The Morgan fingerprint density at radius 1 is 1.22 bits per heavy atom. The molecule has 0 aromatic heterocycles. The highest BCUT2D eigenvalue weighted by atomic mass is 16.5. The fourth-order valence-electron chi connectivity index (χ4n) is 1.69. The Bertz CT molecular complexity index is 227. The summed E-state index contributed by atoms with van der Waals surface area (Å²) in [6.45, 7) is 4.64. The zero-order valence-electron chi connectivity index (χ0n) is 12.3. The maximum Gasteiger partial charge on any atom is 0.155 e. The summed E-state index contributed by atoms with van der Waals surface area (Å²) in [5, 5.41) is 0. The number of ether oxygens (including phenoxy) is 1. The van der Waals surface area contributed by atoms with Crippen LogP contribution in [0, 0.1) is 0 Å². The fraction of sp³-hybridized carbons (Fsp3) is 0.800. The molecule has 0 bridgehead atoms. The molecule has 0 saturated carbocycles. The van der Waals surface area contributed by atoms with Crippen LogP contribution in [0.2, 0.25) is 0 Å². The van der Waals surface area contributed by atoms with Crippen molar-refractivity contribution in [1.29, 1.82) is 0 Å². The number of carbonyl (C=O) groups excluding carboxylic acids is 1. The van der Waals surface area contributed by atoms with E-state index in [-0.39, 0.29) is 5.78 Å². The van der Waals surface area contributed by atoms with Gasteiger partial charge in [0.25, 0.3) is 0 Å². The third-order valence-corrected chi connectivity index (χ3v) is 2.92. The zero-order chi connectivity index (χ0) is 13.6. The van der Waals surface area contributed by atoms with Gasteiger partial charge in [0, 0.05) is 26.6 Å². The maximum atomic E-state index is 11.5. The number of ketones is 1. The molecule has 3 nitrogen and oxygen atoms in total. The molecule has 106 valence electrons. The van der Waals surface area contributed by atoms with Crippen molar-refractivity contribution in [1.82, 2.24) is 4.90 Å². The van der Waals surface area contributed by atoms with Gasteiger partial charge in [-0.2, -0.15) is 0 Å². The zero-order valence-corrected chi connectivity index (χ0v) is 12.3. The van der Waals surface area contributed by atoms with Crippen LogP contribution in [-0.2, 0) is 9.53 Å². The van der Waals surface area contributed by atoms with Gasteiger partial charge in [-0.05, 0) is 19.5 Å². The molecule has 0 aromatic carbocycles. The molecule has 0 unspecified atom stereocenters. The van der Waals surface area contributed by atoms with Crippen molar-refractivity contribution >= 4 is 5.78 Å². The van der Waals surface area contributed by atoms with Crippen molar-refractivity contribution in [3.63, 3.8) is 0 Å². The third kappa shape index (κ3) is 11.8. The van der Waals surface area contributed by atoms with E-state index < -0.39 is 0 Å². The van der Waals surface area contributed by atoms with Gasteiger partial charge in [-0.15, -0.1) is 0 Å². The maximum absolute atomic E-state index is 11.5. The number of likely N-dealkylation sites (N-methyl/N-ethyl adjacent to an activating group) is 1. The minimum Gasteiger partial charge on any atom is -0.383 e. The normalized spacial score (nSPS) is 11.6. The molecule has 0 radical (unpaired) electrons. The van der Waals surface area contributed by atoms with Crippen LogP contribution in [0.15, 0.2) is 12.2 Å². The van der Waals surface area contributed by atoms with Gasteiger partial charge in [-0.25, -0.2) is 0 Å². The van der Waals surface area contributed by atoms with Gasteiger partial charge in [-0.3, -0.25) is 4.79 Å². The van der Waals surface area contributed by atoms with Crippen LogP contribution in [0.1, 0.15) is 45.4 Å². The van der Waals surface area contributed by atoms with Gasteiger partial charge in [0.2, 0.25) is 0 Å². The van der Waals surface area contributed by atoms with Gasteiger partial charge in [0.05, 0.1) is 6.61 Å². The van der Waals surface area contributed by atoms with Gasteiger partial charge in [-0.1, -0.05) is 38.7 Å². The molecule has 0 fully saturated rings. The third-order valence-electron chi connectivity index (χ3n) is 2.92. The first-order valence-electron chi connectivity index (χ1n) is 7.07. The molecule has 0 rings (SSSR count). The van der Waals surface area contributed by atoms with Crippen LogP contribution in [0.5, 0.6) is 0 Å². The van der Waals surface area contributed by atoms with E-state index in [1.54, 1.807) is 13.2 Å². The molecule has 0 atom stereocenters. The van der Waals surface area contributed by atoms with E-state index in [0.717, 1.165) is 26.1 Å². The van der Waals surface area contributed by atoms with Gasteiger partial charge in [0.1, 0.15) is 0 Å². The summed E-state index contributed by atoms with van der Waals surface area (Å²) in [5.74, 6) is 0.256. The van der Waals surface area contributed by atoms with Crippen molar-refractivity contribution in [3.05, 3.63) is 12.2 Å². The molecule has 0 N–H and O–H groups in total. The SMILES string of the molecule is CCCCCCCC(=O)/C=C/CN(C)CCOC. The highest BCUT2D eigenvalue weighted by Crippen LogP contribution is 2.05. The van der Waals surface area contributed by atoms with E-state index in [9.17, 15) is 4.79 Å². The summed E-state index contributed by atoms with van der Waals surface area (Å²) in [5.41, 5.74) is 0. The van der Waals surface area contributed by atoms with Crippen LogP contribution < -0.4 is 0 Å². The van der Waals surface area contributed by atoms with Crippen molar-refractivity contribution in [2.45, 2.75) is 45.4 Å². The van der Waals surface area contributed by atoms with Crippen LogP contribution in [0.3, 0.4) is 0 Å². The average Bonchev–Trinajstić information content (AvgIpc) is 2.36. The van der Waals surface area contributed by atoms with Gasteiger partial charge >= 0.3 is 0 Å². The molecule has 18 heavy (non-hydrogen) atoms. The minimum atomic E-state index is 0.256. The number of hydrogen-bond donors (Lipinski definition) is 0. The van der Waals surface area contributed by atoms with Crippen molar-refractivity contribution in [2.24, 2.45) is 0 Å². The van der Waals surface area contributed by atoms with E-state index in [2.05, 4.69) is 11.8 Å². The summed E-state index contributed by atoms with van der Waals surface area (Å²) < 4.78 is 4.99. The molecule has 0 aliphatic carbocycles. The Hall–Kier alpha value is -0.670. The van der Waals surface area contributed by atoms with E-state index in [0.29, 0.717) is 6.42 Å². The number of hydrogen-bond acceptors (Lipinski definition) is 3. The molecular formula is C15H29NO2. The number of allylic oxidation sites excluding steroid dienone is 1. The molecule has 0 amide bonds. The summed E-state index contributed by atoms with van der Waals surface area (Å²) >= 11 is 0. The predicted octanol–water partition coefficient (Wildman–Crippen LogP) is 3.05. The Labute approximate surface area is 112 Å². The van der Waals surface area contributed by atoms with Gasteiger partial charge < -0.3 is 9.64 Å². The Kier molecular flexibility index (Phi) is 12.3. The summed E-state index contributed by atoms with van der Waals surface area (Å²) in [6, 6.07) is 0. The monoisotopic (exact) mass is 255 g/mol. The second-order valence-corrected chi connectivity index (χ2v) is 4.79. The van der Waals surface area contributed by atoms with E-state index >= 15 is 0 Å². The molecule has 0 aliphatic rings. The lowest BCUT2D eigenvalue weighted by Crippen LogP contribution is -2.22. The number of nitrogens with zero attached hydrogens (tertiary/aromatic N) is 1. The van der Waals surface area contributed by atoms with Crippen LogP contribution in [-0.4, -0.2) is 44.5 Å². The fourth-order valence-corrected chi connectivity index (χ4v) is 1.69. The quantitative estimate of drug-likeness (QED) is 0.396. The molecule has 0 heterocycles. The second-order valence-electron chi connectivity index (χ2n) is 4.79. The Balaban J connectivity index is 3.49. The van der Waals surface area contributed by atoms with Crippen LogP contribution in [0.25, 0.3) is 0 Å². The number of methoxy groups -OCH3 is 1. The lowest BCUT2D eigenvalue weighted by molar-refractivity contribution is -0.114. The summed E-state index contributed by atoms with van der Waals surface area (Å²) in [4.78, 5) is 13.7. The van der Waals surface area contributed by atoms with Crippen LogP contribution in [0.4, 0.5) is 0 Å². The van der Waals surface area contributed by atoms with Crippen molar-refractivity contribution in [2.75, 3.05) is 33.9 Å². The first-order valence-corrected chi connectivity index (χ1v) is 7.07. The highest BCUT2D eigenvalue weighted by Gasteiger charge is 1.98. The molecule has 3 heteroatoms. The smallest absolute Gasteiger partial charge is 0.155 e. The first-order chi connectivity index (χ1) is 8.70. The highest BCUT2D eigenvalue weighted by molar-refractivity contribution is 5.89. The molecule has 0 aliphatic heterocycles. The number of unbranched alkanes of at least 4 members (excludes halogenated alkanes) is 4. The second kappa shape index (κ2) is 12.8. The first kappa shape index (κ1) is 17.3. The topological polar surface area (TPSA) is 29.5 Å². The number of rotatable bonds is 12. The van der Waals surface area contributed by atoms with Crippen molar-refractivity contribution in [3.8, 4) is 0 Å². The lowest BCUT2D eigenvalue weighted by atomic mass is 10.1. The molecule has 0 saturated heterocycles. The van der Waals surface area contributed by atoms with E-state index in [1.807, 2.05) is 13.1 Å². The van der Waals surface area contributed by atoms with Crippen molar-refractivity contribution < 1.29 is 9.53 Å². The Morgan fingerprint density at radius 3 is 2.61 bits per heavy atom.